The van der Waals surface area contributed by atoms with E-state index in [9.17, 15) is 4.79 Å². The molecular formula is C19H24ClN3O. The van der Waals surface area contributed by atoms with Crippen LogP contribution >= 0.6 is 11.6 Å². The van der Waals surface area contributed by atoms with Crippen LogP contribution in [0.1, 0.15) is 49.0 Å². The molecule has 5 heteroatoms. The van der Waals surface area contributed by atoms with E-state index in [0.29, 0.717) is 22.8 Å². The van der Waals surface area contributed by atoms with E-state index < -0.39 is 0 Å². The van der Waals surface area contributed by atoms with Gasteiger partial charge in [0.25, 0.3) is 5.91 Å². The number of halogens is 1. The third kappa shape index (κ3) is 3.31. The summed E-state index contributed by atoms with van der Waals surface area (Å²) in [6.07, 6.45) is 7.45. The maximum atomic E-state index is 12.7. The van der Waals surface area contributed by atoms with Crippen LogP contribution in [0, 0.1) is 0 Å². The first-order chi connectivity index (χ1) is 11.7. The van der Waals surface area contributed by atoms with Crippen molar-refractivity contribution >= 4 is 28.4 Å². The average molecular weight is 346 g/mol. The number of piperidine rings is 1. The second-order valence-corrected chi connectivity index (χ2v) is 7.57. The normalized spacial score (nSPS) is 20.1. The molecule has 1 saturated heterocycles. The molecule has 0 radical (unpaired) electrons. The molecule has 4 nitrogen and oxygen atoms in total. The number of hydrogen-bond donors (Lipinski definition) is 2. The van der Waals surface area contributed by atoms with Crippen molar-refractivity contribution in [2.24, 2.45) is 0 Å². The molecule has 0 bridgehead atoms. The maximum Gasteiger partial charge on any atom is 0.270 e. The minimum atomic E-state index is 0.0987. The van der Waals surface area contributed by atoms with Crippen LogP contribution in [0.25, 0.3) is 10.9 Å². The Morgan fingerprint density at radius 3 is 2.54 bits per heavy atom. The summed E-state index contributed by atoms with van der Waals surface area (Å²) < 4.78 is 0. The lowest BCUT2D eigenvalue weighted by Crippen LogP contribution is -2.47. The molecule has 1 saturated carbocycles. The number of carbonyl (C=O) groups is 1. The Morgan fingerprint density at radius 1 is 1.08 bits per heavy atom. The summed E-state index contributed by atoms with van der Waals surface area (Å²) in [6.45, 7) is 1.67. The largest absolute Gasteiger partial charge is 0.351 e. The first-order valence-corrected chi connectivity index (χ1v) is 9.40. The molecule has 4 rings (SSSR count). The fourth-order valence-corrected chi connectivity index (χ4v) is 4.24. The Balaban J connectivity index is 1.38. The molecule has 2 aliphatic rings. The number of likely N-dealkylation sites (tertiary alicyclic amines) is 1. The van der Waals surface area contributed by atoms with E-state index in [-0.39, 0.29) is 5.91 Å². The van der Waals surface area contributed by atoms with Gasteiger partial charge >= 0.3 is 0 Å². The number of hydrogen-bond acceptors (Lipinski definition) is 2. The van der Waals surface area contributed by atoms with Gasteiger partial charge in [-0.05, 0) is 49.9 Å². The van der Waals surface area contributed by atoms with Gasteiger partial charge in [0.2, 0.25) is 0 Å². The fourth-order valence-electron chi connectivity index (χ4n) is 4.06. The molecule has 2 heterocycles. The van der Waals surface area contributed by atoms with Gasteiger partial charge in [-0.2, -0.15) is 0 Å². The van der Waals surface area contributed by atoms with Crippen molar-refractivity contribution in [3.63, 3.8) is 0 Å². The molecule has 128 valence electrons. The number of nitrogens with one attached hydrogen (secondary N) is 2. The Bertz CT molecular complexity index is 727. The van der Waals surface area contributed by atoms with E-state index in [0.717, 1.165) is 36.8 Å². The van der Waals surface area contributed by atoms with Crippen molar-refractivity contribution in [2.45, 2.75) is 50.6 Å². The van der Waals surface area contributed by atoms with Crippen molar-refractivity contribution in [3.05, 3.63) is 35.0 Å². The highest BCUT2D eigenvalue weighted by molar-refractivity contribution is 6.31. The molecule has 1 aromatic carbocycles. The van der Waals surface area contributed by atoms with Crippen molar-refractivity contribution < 1.29 is 4.79 Å². The van der Waals surface area contributed by atoms with Crippen LogP contribution in [0.15, 0.2) is 24.3 Å². The number of nitrogens with zero attached hydrogens (tertiary/aromatic N) is 1. The van der Waals surface area contributed by atoms with Crippen molar-refractivity contribution in [3.8, 4) is 0 Å². The van der Waals surface area contributed by atoms with Crippen LogP contribution in [0.2, 0.25) is 5.02 Å². The first-order valence-electron chi connectivity index (χ1n) is 9.02. The predicted molar refractivity (Wildman–Crippen MR) is 97.6 cm³/mol. The highest BCUT2D eigenvalue weighted by Crippen LogP contribution is 2.23. The second kappa shape index (κ2) is 6.77. The number of amides is 1. The quantitative estimate of drug-likeness (QED) is 0.884. The smallest absolute Gasteiger partial charge is 0.270 e. The topological polar surface area (TPSA) is 48.1 Å². The minimum absolute atomic E-state index is 0.0987. The van der Waals surface area contributed by atoms with Gasteiger partial charge < -0.3 is 15.2 Å². The highest BCUT2D eigenvalue weighted by atomic mass is 35.5. The molecule has 24 heavy (non-hydrogen) atoms. The van der Waals surface area contributed by atoms with Crippen LogP contribution in [-0.2, 0) is 0 Å². The lowest BCUT2D eigenvalue weighted by Gasteiger charge is -2.33. The summed E-state index contributed by atoms with van der Waals surface area (Å²) in [5, 5.41) is 5.47. The predicted octanol–water partition coefficient (Wildman–Crippen LogP) is 3.96. The molecular weight excluding hydrogens is 322 g/mol. The number of fused-ring (bicyclic) bond motifs is 1. The van der Waals surface area contributed by atoms with Gasteiger partial charge in [0.05, 0.1) is 0 Å². The molecule has 1 aliphatic heterocycles. The molecule has 2 N–H and O–H groups in total. The van der Waals surface area contributed by atoms with Gasteiger partial charge in [-0.25, -0.2) is 0 Å². The minimum Gasteiger partial charge on any atom is -0.351 e. The van der Waals surface area contributed by atoms with Gasteiger partial charge in [-0.15, -0.1) is 0 Å². The second-order valence-electron chi connectivity index (χ2n) is 7.13. The standard InChI is InChI=1S/C19H24ClN3O/c20-14-5-6-17-13(11-14)12-18(22-17)19(24)23-9-7-16(8-10-23)21-15-3-1-2-4-15/h5-6,11-12,15-16,21-22H,1-4,7-10H2. The summed E-state index contributed by atoms with van der Waals surface area (Å²) >= 11 is 6.03. The van der Waals surface area contributed by atoms with Crippen molar-refractivity contribution in [1.82, 2.24) is 15.2 Å². The van der Waals surface area contributed by atoms with Crippen LogP contribution in [-0.4, -0.2) is 41.0 Å². The summed E-state index contributed by atoms with van der Waals surface area (Å²) in [7, 11) is 0. The molecule has 1 aromatic heterocycles. The van der Waals surface area contributed by atoms with Gasteiger partial charge in [-0.1, -0.05) is 24.4 Å². The molecule has 1 amide bonds. The number of aromatic amines is 1. The molecule has 1 aliphatic carbocycles. The third-order valence-electron chi connectivity index (χ3n) is 5.42. The van der Waals surface area contributed by atoms with E-state index in [1.54, 1.807) is 0 Å². The summed E-state index contributed by atoms with van der Waals surface area (Å²) in [5.41, 5.74) is 1.62. The lowest BCUT2D eigenvalue weighted by molar-refractivity contribution is 0.0697. The Kier molecular flexibility index (Phi) is 4.51. The van der Waals surface area contributed by atoms with E-state index in [2.05, 4.69) is 10.3 Å². The van der Waals surface area contributed by atoms with Crippen molar-refractivity contribution in [1.29, 1.82) is 0 Å². The Labute approximate surface area is 147 Å². The van der Waals surface area contributed by atoms with E-state index >= 15 is 0 Å². The number of aromatic nitrogens is 1. The molecule has 2 fully saturated rings. The van der Waals surface area contributed by atoms with E-state index in [1.165, 1.54) is 25.7 Å². The number of benzene rings is 1. The lowest BCUT2D eigenvalue weighted by atomic mass is 10.0. The van der Waals surface area contributed by atoms with Gasteiger partial charge in [0.15, 0.2) is 0 Å². The van der Waals surface area contributed by atoms with E-state index in [1.807, 2.05) is 29.2 Å². The van der Waals surface area contributed by atoms with Crippen LogP contribution in [0.4, 0.5) is 0 Å². The van der Waals surface area contributed by atoms with Crippen molar-refractivity contribution in [2.75, 3.05) is 13.1 Å². The Hall–Kier alpha value is -1.52. The summed E-state index contributed by atoms with van der Waals surface area (Å²) in [6, 6.07) is 8.84. The fraction of sp³-hybridized carbons (Fsp3) is 0.526. The third-order valence-corrected chi connectivity index (χ3v) is 5.66. The van der Waals surface area contributed by atoms with E-state index in [4.69, 9.17) is 11.6 Å². The summed E-state index contributed by atoms with van der Waals surface area (Å²) in [4.78, 5) is 17.9. The van der Waals surface area contributed by atoms with Gasteiger partial charge in [0.1, 0.15) is 5.69 Å². The monoisotopic (exact) mass is 345 g/mol. The molecule has 2 aromatic rings. The summed E-state index contributed by atoms with van der Waals surface area (Å²) in [5.74, 6) is 0.0987. The molecule has 0 unspecified atom stereocenters. The zero-order chi connectivity index (χ0) is 16.5. The number of H-pyrrole nitrogens is 1. The first kappa shape index (κ1) is 16.0. The number of rotatable bonds is 3. The molecule has 0 spiro atoms. The average Bonchev–Trinajstić information content (AvgIpc) is 3.24. The van der Waals surface area contributed by atoms with Gasteiger partial charge in [-0.3, -0.25) is 4.79 Å². The zero-order valence-corrected chi connectivity index (χ0v) is 14.6. The zero-order valence-electron chi connectivity index (χ0n) is 13.9. The van der Waals surface area contributed by atoms with Crippen LogP contribution in [0.5, 0.6) is 0 Å². The van der Waals surface area contributed by atoms with Crippen LogP contribution < -0.4 is 5.32 Å². The SMILES string of the molecule is O=C(c1cc2cc(Cl)ccc2[nH]1)N1CCC(NC2CCCC2)CC1. The van der Waals surface area contributed by atoms with Crippen LogP contribution in [0.3, 0.4) is 0 Å². The highest BCUT2D eigenvalue weighted by Gasteiger charge is 2.26. The molecule has 0 atom stereocenters. The maximum absolute atomic E-state index is 12.7. The Morgan fingerprint density at radius 2 is 1.79 bits per heavy atom. The number of carbonyl (C=O) groups excluding carboxylic acids is 1. The van der Waals surface area contributed by atoms with Gasteiger partial charge in [0, 0.05) is 41.1 Å².